The molecule has 0 aliphatic heterocycles. The molecule has 1 atom stereocenters. The largest absolute Gasteiger partial charge is 0.472 e. The number of nitrogens with zero attached hydrogens (tertiary/aromatic N) is 1. The summed E-state index contributed by atoms with van der Waals surface area (Å²) in [6.45, 7) is 3.93. The molecule has 0 heterocycles. The number of unbranched alkanes of at least 4 members (excludes halogenated alkanes) is 1. The van der Waals surface area contributed by atoms with Crippen LogP contribution in [-0.4, -0.2) is 63.5 Å². The zero-order valence-corrected chi connectivity index (χ0v) is 12.8. The first-order valence-electron chi connectivity index (χ1n) is 6.27. The van der Waals surface area contributed by atoms with Crippen LogP contribution in [0, 0.1) is 0 Å². The highest BCUT2D eigenvalue weighted by Crippen LogP contribution is 2.42. The summed E-state index contributed by atoms with van der Waals surface area (Å²) in [6.07, 6.45) is 2.05. The van der Waals surface area contributed by atoms with E-state index in [2.05, 4.69) is 6.92 Å². The third kappa shape index (κ3) is 12.5. The predicted octanol–water partition coefficient (Wildman–Crippen LogP) is 1.64. The van der Waals surface area contributed by atoms with Crippen LogP contribution in [0.5, 0.6) is 0 Å². The van der Waals surface area contributed by atoms with E-state index < -0.39 is 7.82 Å². The Labute approximate surface area is 110 Å². The van der Waals surface area contributed by atoms with Crippen molar-refractivity contribution < 1.29 is 27.7 Å². The monoisotopic (exact) mass is 284 g/mol. The summed E-state index contributed by atoms with van der Waals surface area (Å²) >= 11 is 0. The Hall–Kier alpha value is 0.0300. The summed E-state index contributed by atoms with van der Waals surface area (Å²) in [5, 5.41) is 0. The van der Waals surface area contributed by atoms with E-state index in [4.69, 9.17) is 13.8 Å². The van der Waals surface area contributed by atoms with E-state index in [1.807, 2.05) is 21.1 Å². The molecule has 0 saturated carbocycles. The fraction of sp³-hybridized carbons (Fsp3) is 1.00. The summed E-state index contributed by atoms with van der Waals surface area (Å²) in [4.78, 5) is 9.36. The number of hydrogen-bond donors (Lipinski definition) is 1. The summed E-state index contributed by atoms with van der Waals surface area (Å²) in [7, 11) is 2.02. The number of phosphoric acid groups is 1. The maximum Gasteiger partial charge on any atom is 0.472 e. The van der Waals surface area contributed by atoms with Crippen LogP contribution in [0.25, 0.3) is 0 Å². The molecule has 1 N–H and O–H groups in total. The van der Waals surface area contributed by atoms with Crippen LogP contribution >= 0.6 is 7.82 Å². The molecule has 7 heteroatoms. The lowest BCUT2D eigenvalue weighted by molar-refractivity contribution is -0.870. The van der Waals surface area contributed by atoms with Gasteiger partial charge in [0.1, 0.15) is 13.2 Å². The van der Waals surface area contributed by atoms with E-state index in [1.54, 1.807) is 0 Å². The fourth-order valence-corrected chi connectivity index (χ4v) is 1.72. The molecule has 0 radical (unpaired) electrons. The molecule has 0 aliphatic rings. The fourth-order valence-electron chi connectivity index (χ4n) is 1.03. The number of hydrogen-bond acceptors (Lipinski definition) is 4. The first kappa shape index (κ1) is 18.0. The van der Waals surface area contributed by atoms with Crippen molar-refractivity contribution in [1.82, 2.24) is 0 Å². The molecule has 0 aromatic rings. The lowest BCUT2D eigenvalue weighted by Crippen LogP contribution is -2.37. The summed E-state index contributed by atoms with van der Waals surface area (Å²) in [5.74, 6) is 0. The van der Waals surface area contributed by atoms with Gasteiger partial charge in [-0.1, -0.05) is 13.3 Å². The zero-order chi connectivity index (χ0) is 14.1. The Kier molecular flexibility index (Phi) is 9.03. The topological polar surface area (TPSA) is 65.0 Å². The highest BCUT2D eigenvalue weighted by molar-refractivity contribution is 7.47. The molecule has 6 nitrogen and oxygen atoms in total. The first-order chi connectivity index (χ1) is 8.27. The zero-order valence-electron chi connectivity index (χ0n) is 11.9. The van der Waals surface area contributed by atoms with Gasteiger partial charge in [-0.25, -0.2) is 4.57 Å². The maximum absolute atomic E-state index is 11.4. The van der Waals surface area contributed by atoms with E-state index in [0.717, 1.165) is 12.8 Å². The van der Waals surface area contributed by atoms with Crippen LogP contribution in [0.1, 0.15) is 19.8 Å². The number of phosphoric ester groups is 1. The van der Waals surface area contributed by atoms with Gasteiger partial charge in [-0.3, -0.25) is 9.05 Å². The van der Waals surface area contributed by atoms with E-state index in [1.165, 1.54) is 0 Å². The normalized spacial score (nSPS) is 15.6. The number of ether oxygens (including phenoxy) is 1. The van der Waals surface area contributed by atoms with Crippen molar-refractivity contribution in [3.05, 3.63) is 0 Å². The van der Waals surface area contributed by atoms with E-state index >= 15 is 0 Å². The van der Waals surface area contributed by atoms with Gasteiger partial charge in [-0.05, 0) is 6.42 Å². The average Bonchev–Trinajstić information content (AvgIpc) is 2.21. The van der Waals surface area contributed by atoms with Gasteiger partial charge in [-0.2, -0.15) is 0 Å². The van der Waals surface area contributed by atoms with Crippen molar-refractivity contribution >= 4 is 7.82 Å². The van der Waals surface area contributed by atoms with E-state index in [0.29, 0.717) is 24.2 Å². The Bertz CT molecular complexity index is 254. The Morgan fingerprint density at radius 1 is 1.06 bits per heavy atom. The molecule has 110 valence electrons. The third-order valence-electron chi connectivity index (χ3n) is 2.14. The van der Waals surface area contributed by atoms with Crippen molar-refractivity contribution in [3.8, 4) is 0 Å². The lowest BCUT2D eigenvalue weighted by Gasteiger charge is -2.24. The minimum Gasteiger partial charge on any atom is -0.379 e. The van der Waals surface area contributed by atoms with Crippen molar-refractivity contribution in [2.24, 2.45) is 0 Å². The van der Waals surface area contributed by atoms with Crippen LogP contribution in [0.2, 0.25) is 0 Å². The molecule has 0 aliphatic carbocycles. The Morgan fingerprint density at radius 3 is 2.22 bits per heavy atom. The molecule has 0 saturated heterocycles. The SMILES string of the molecule is CCCCOCCOP(=O)(O)OCC[N+](C)(C)C. The molecular weight excluding hydrogens is 257 g/mol. The molecule has 0 aromatic carbocycles. The lowest BCUT2D eigenvalue weighted by atomic mass is 10.4. The Morgan fingerprint density at radius 2 is 1.67 bits per heavy atom. The molecule has 0 bridgehead atoms. The highest BCUT2D eigenvalue weighted by Gasteiger charge is 2.22. The third-order valence-corrected chi connectivity index (χ3v) is 3.16. The summed E-state index contributed by atoms with van der Waals surface area (Å²) in [5.41, 5.74) is 0. The first-order valence-corrected chi connectivity index (χ1v) is 7.76. The second kappa shape index (κ2) is 9.02. The van der Waals surface area contributed by atoms with Crippen LogP contribution < -0.4 is 0 Å². The molecule has 0 aromatic heterocycles. The van der Waals surface area contributed by atoms with Crippen molar-refractivity contribution in [3.63, 3.8) is 0 Å². The molecular formula is C11H27NO5P+. The molecule has 0 amide bonds. The van der Waals surface area contributed by atoms with Crippen LogP contribution in [-0.2, 0) is 18.3 Å². The number of rotatable bonds is 11. The van der Waals surface area contributed by atoms with Gasteiger partial charge in [0.2, 0.25) is 0 Å². The van der Waals surface area contributed by atoms with Gasteiger partial charge in [0.05, 0.1) is 34.4 Å². The quantitative estimate of drug-likeness (QED) is 0.355. The van der Waals surface area contributed by atoms with Gasteiger partial charge < -0.3 is 14.1 Å². The smallest absolute Gasteiger partial charge is 0.379 e. The summed E-state index contributed by atoms with van der Waals surface area (Å²) in [6, 6.07) is 0. The molecule has 0 rings (SSSR count). The van der Waals surface area contributed by atoms with Gasteiger partial charge >= 0.3 is 7.82 Å². The van der Waals surface area contributed by atoms with Crippen LogP contribution in [0.15, 0.2) is 0 Å². The molecule has 0 fully saturated rings. The van der Waals surface area contributed by atoms with Crippen LogP contribution in [0.3, 0.4) is 0 Å². The standard InChI is InChI=1S/C11H26NO5P/c1-5-6-8-15-10-11-17-18(13,14)16-9-7-12(2,3)4/h5-11H2,1-4H3/p+1. The van der Waals surface area contributed by atoms with E-state index in [-0.39, 0.29) is 13.2 Å². The second-order valence-electron chi connectivity index (χ2n) is 5.11. The Balaban J connectivity index is 3.58. The molecule has 1 unspecified atom stereocenters. The maximum atomic E-state index is 11.4. The van der Waals surface area contributed by atoms with Gasteiger partial charge in [0.25, 0.3) is 0 Å². The van der Waals surface area contributed by atoms with Gasteiger partial charge in [-0.15, -0.1) is 0 Å². The van der Waals surface area contributed by atoms with Crippen molar-refractivity contribution in [2.45, 2.75) is 19.8 Å². The van der Waals surface area contributed by atoms with Crippen LogP contribution in [0.4, 0.5) is 0 Å². The predicted molar refractivity (Wildman–Crippen MR) is 70.4 cm³/mol. The minimum atomic E-state index is -3.92. The highest BCUT2D eigenvalue weighted by atomic mass is 31.2. The summed E-state index contributed by atoms with van der Waals surface area (Å²) < 4.78 is 26.9. The average molecular weight is 284 g/mol. The number of likely N-dealkylation sites (N-methyl/N-ethyl adjacent to an activating group) is 1. The molecule has 0 spiro atoms. The number of quaternary nitrogens is 1. The van der Waals surface area contributed by atoms with E-state index in [9.17, 15) is 9.46 Å². The second-order valence-corrected chi connectivity index (χ2v) is 6.57. The van der Waals surface area contributed by atoms with Crippen molar-refractivity contribution in [1.29, 1.82) is 0 Å². The molecule has 18 heavy (non-hydrogen) atoms. The van der Waals surface area contributed by atoms with Gasteiger partial charge in [0.15, 0.2) is 0 Å². The van der Waals surface area contributed by atoms with Gasteiger partial charge in [0, 0.05) is 6.61 Å². The van der Waals surface area contributed by atoms with Crippen molar-refractivity contribution in [2.75, 3.05) is 54.1 Å². The minimum absolute atomic E-state index is 0.0713.